The Hall–Kier alpha value is -6.15. The molecule has 0 spiro atoms. The number of hydrogen-bond donors (Lipinski definition) is 1. The molecule has 1 N–H and O–H groups in total. The SMILES string of the molecule is COCCN1c2cc3c(cc2C(C)=CC1(C)C)C(=CC=CC=CC=CC1=[N+](CCCCCC(=O)ON2C(=O)CCC2=O)c2ccc(S(=O)(=O)O)cc2C1(C)C)C=C(c1ccccc1)O3. The van der Waals surface area contributed by atoms with E-state index >= 15 is 0 Å². The normalized spacial score (nSPS) is 18.5. The van der Waals surface area contributed by atoms with Crippen molar-refractivity contribution in [2.24, 2.45) is 0 Å². The van der Waals surface area contributed by atoms with Crippen LogP contribution in [-0.4, -0.2) is 78.4 Å². The van der Waals surface area contributed by atoms with E-state index < -0.39 is 33.3 Å². The van der Waals surface area contributed by atoms with Crippen molar-refractivity contribution in [1.82, 2.24) is 5.06 Å². The van der Waals surface area contributed by atoms with E-state index in [0.29, 0.717) is 37.5 Å². The highest BCUT2D eigenvalue weighted by molar-refractivity contribution is 7.85. The number of fused-ring (bicyclic) bond motifs is 3. The lowest BCUT2D eigenvalue weighted by molar-refractivity contribution is -0.438. The fourth-order valence-corrected chi connectivity index (χ4v) is 9.34. The topological polar surface area (TPSA) is 143 Å². The second kappa shape index (κ2) is 18.9. The second-order valence-electron chi connectivity index (χ2n) is 17.4. The van der Waals surface area contributed by atoms with Gasteiger partial charge in [-0.25, -0.2) is 4.79 Å². The molecule has 4 aliphatic heterocycles. The van der Waals surface area contributed by atoms with E-state index in [1.165, 1.54) is 17.7 Å². The van der Waals surface area contributed by atoms with E-state index in [1.54, 1.807) is 13.2 Å². The van der Waals surface area contributed by atoms with Crippen molar-refractivity contribution in [3.05, 3.63) is 138 Å². The molecule has 0 radical (unpaired) electrons. The van der Waals surface area contributed by atoms with Gasteiger partial charge >= 0.3 is 5.97 Å². The molecule has 0 aromatic heterocycles. The summed E-state index contributed by atoms with van der Waals surface area (Å²) >= 11 is 0. The van der Waals surface area contributed by atoms with Crippen LogP contribution in [0, 0.1) is 0 Å². The Morgan fingerprint density at radius 1 is 0.906 bits per heavy atom. The minimum Gasteiger partial charge on any atom is -0.456 e. The first-order chi connectivity index (χ1) is 30.5. The monoisotopic (exact) mass is 886 g/mol. The maximum atomic E-state index is 12.4. The molecule has 2 amide bonds. The highest BCUT2D eigenvalue weighted by Gasteiger charge is 2.45. The molecule has 0 aliphatic carbocycles. The third-order valence-electron chi connectivity index (χ3n) is 12.1. The maximum Gasteiger partial charge on any atom is 0.333 e. The Kier molecular flexibility index (Phi) is 13.5. The van der Waals surface area contributed by atoms with Gasteiger partial charge in [-0.2, -0.15) is 13.0 Å². The zero-order valence-electron chi connectivity index (χ0n) is 37.3. The largest absolute Gasteiger partial charge is 0.456 e. The highest BCUT2D eigenvalue weighted by Crippen LogP contribution is 2.47. The van der Waals surface area contributed by atoms with Gasteiger partial charge in [-0.1, -0.05) is 72.9 Å². The molecule has 3 aromatic rings. The molecule has 1 fully saturated rings. The second-order valence-corrected chi connectivity index (χ2v) is 18.8. The van der Waals surface area contributed by atoms with Gasteiger partial charge in [0.1, 0.15) is 18.1 Å². The molecule has 4 aliphatic rings. The van der Waals surface area contributed by atoms with Crippen LogP contribution in [-0.2, 0) is 39.5 Å². The lowest BCUT2D eigenvalue weighted by Gasteiger charge is -2.43. The number of allylic oxidation sites excluding steroid dienone is 10. The van der Waals surface area contributed by atoms with Crippen LogP contribution in [0.5, 0.6) is 5.75 Å². The van der Waals surface area contributed by atoms with Gasteiger partial charge in [0.05, 0.1) is 22.5 Å². The van der Waals surface area contributed by atoms with Gasteiger partial charge in [0, 0.05) is 85.5 Å². The fourth-order valence-electron chi connectivity index (χ4n) is 8.83. The van der Waals surface area contributed by atoms with Gasteiger partial charge < -0.3 is 19.2 Å². The smallest absolute Gasteiger partial charge is 0.333 e. The molecule has 64 heavy (non-hydrogen) atoms. The number of rotatable bonds is 16. The lowest BCUT2D eigenvalue weighted by atomic mass is 9.81. The van der Waals surface area contributed by atoms with Crippen LogP contribution in [0.2, 0.25) is 0 Å². The van der Waals surface area contributed by atoms with Gasteiger partial charge in [0.15, 0.2) is 5.71 Å². The summed E-state index contributed by atoms with van der Waals surface area (Å²) in [5, 5.41) is 0.564. The molecule has 0 atom stereocenters. The Morgan fingerprint density at radius 3 is 2.34 bits per heavy atom. The van der Waals surface area contributed by atoms with Crippen LogP contribution in [0.4, 0.5) is 11.4 Å². The summed E-state index contributed by atoms with van der Waals surface area (Å²) in [4.78, 5) is 43.2. The van der Waals surface area contributed by atoms with E-state index in [1.807, 2.05) is 80.6 Å². The van der Waals surface area contributed by atoms with E-state index in [4.69, 9.17) is 14.3 Å². The van der Waals surface area contributed by atoms with Crippen molar-refractivity contribution in [2.45, 2.75) is 89.0 Å². The number of carbonyl (C=O) groups excluding carboxylic acids is 3. The van der Waals surface area contributed by atoms with Crippen molar-refractivity contribution in [3.63, 3.8) is 0 Å². The average molecular weight is 887 g/mol. The summed E-state index contributed by atoms with van der Waals surface area (Å²) in [6, 6.07) is 19.1. The average Bonchev–Trinajstić information content (AvgIpc) is 3.67. The molecule has 0 bridgehead atoms. The lowest BCUT2D eigenvalue weighted by Crippen LogP contribution is -2.46. The van der Waals surface area contributed by atoms with Gasteiger partial charge in [0.25, 0.3) is 21.9 Å². The molecule has 334 valence electrons. The van der Waals surface area contributed by atoms with Crippen LogP contribution < -0.4 is 9.64 Å². The molecule has 0 unspecified atom stereocenters. The van der Waals surface area contributed by atoms with Gasteiger partial charge in [-0.3, -0.25) is 14.1 Å². The third kappa shape index (κ3) is 9.81. The first-order valence-electron chi connectivity index (χ1n) is 21.6. The van der Waals surface area contributed by atoms with Crippen molar-refractivity contribution >= 4 is 61.9 Å². The van der Waals surface area contributed by atoms with Gasteiger partial charge in [0.2, 0.25) is 5.69 Å². The van der Waals surface area contributed by atoms with Gasteiger partial charge in [-0.15, -0.1) is 5.06 Å². The number of ether oxygens (including phenoxy) is 2. The maximum absolute atomic E-state index is 12.4. The quantitative estimate of drug-likeness (QED) is 0.0486. The Bertz CT molecular complexity index is 2670. The molecule has 7 rings (SSSR count). The molecule has 13 heteroatoms. The number of hydroxylamine groups is 2. The van der Waals surface area contributed by atoms with E-state index in [0.717, 1.165) is 63.0 Å². The number of anilines is 1. The van der Waals surface area contributed by atoms with Crippen molar-refractivity contribution in [3.8, 4) is 5.75 Å². The molecule has 0 saturated carbocycles. The minimum atomic E-state index is -4.42. The van der Waals surface area contributed by atoms with Crippen LogP contribution in [0.3, 0.4) is 0 Å². The standard InChI is InChI=1S/C51H55N3O9S/c1-35-34-50(2,3)53(28-29-61-6)43-33-45-40(32-39(35)43)37(30-44(62-45)36-18-13-10-14-19-36)20-12-8-7-9-15-21-46-51(4,5)41-31-38(64(58,59)60)23-24-42(41)52(46)27-17-11-16-22-49(57)63-54-47(55)25-26-48(54)56/h7-10,12-15,18-21,23-24,30-34H,11,16-17,22,25-29H2,1-6H3/p+1. The zero-order chi connectivity index (χ0) is 45.8. The molecule has 12 nitrogen and oxygen atoms in total. The fraction of sp³-hybridized carbons (Fsp3) is 0.333. The van der Waals surface area contributed by atoms with E-state index in [-0.39, 0.29) is 29.7 Å². The summed E-state index contributed by atoms with van der Waals surface area (Å²) in [6.45, 7) is 12.5. The highest BCUT2D eigenvalue weighted by atomic mass is 32.2. The first-order valence-corrected chi connectivity index (χ1v) is 23.1. The van der Waals surface area contributed by atoms with Crippen LogP contribution in [0.25, 0.3) is 16.9 Å². The first kappa shape index (κ1) is 45.9. The number of amides is 2. The summed E-state index contributed by atoms with van der Waals surface area (Å²) in [5.74, 6) is -0.108. The number of methoxy groups -OCH3 is 1. The van der Waals surface area contributed by atoms with Gasteiger partial charge in [-0.05, 0) is 82.9 Å². The van der Waals surface area contributed by atoms with Crippen LogP contribution in [0.1, 0.15) is 95.4 Å². The van der Waals surface area contributed by atoms with Crippen molar-refractivity contribution < 1.29 is 46.2 Å². The summed E-state index contributed by atoms with van der Waals surface area (Å²) in [7, 11) is -2.70. The van der Waals surface area contributed by atoms with Crippen LogP contribution in [0.15, 0.2) is 120 Å². The van der Waals surface area contributed by atoms with Crippen molar-refractivity contribution in [2.75, 3.05) is 31.7 Å². The third-order valence-corrected chi connectivity index (χ3v) is 12.9. The Labute approximate surface area is 375 Å². The van der Waals surface area contributed by atoms with Crippen molar-refractivity contribution in [1.29, 1.82) is 0 Å². The summed E-state index contributed by atoms with van der Waals surface area (Å²) in [6.07, 6.45) is 20.3. The van der Waals surface area contributed by atoms with E-state index in [9.17, 15) is 27.4 Å². The molecular formula is C51H56N3O9S+. The molecule has 3 aromatic carbocycles. The molecule has 4 heterocycles. The number of nitrogens with zero attached hydrogens (tertiary/aromatic N) is 3. The minimum absolute atomic E-state index is 0.0392. The Morgan fingerprint density at radius 2 is 1.62 bits per heavy atom. The number of unbranched alkanes of at least 4 members (excludes halogenated alkanes) is 2. The predicted molar refractivity (Wildman–Crippen MR) is 249 cm³/mol. The Balaban J connectivity index is 1.11. The van der Waals surface area contributed by atoms with Crippen LogP contribution >= 0.6 is 0 Å². The number of benzene rings is 3. The summed E-state index contributed by atoms with van der Waals surface area (Å²) in [5.41, 5.74) is 8.17. The number of imide groups is 1. The number of carbonyl (C=O) groups is 3. The predicted octanol–water partition coefficient (Wildman–Crippen LogP) is 9.31. The summed E-state index contributed by atoms with van der Waals surface area (Å²) < 4.78 is 48.4. The number of hydrogen-bond acceptors (Lipinski definition) is 9. The molecule has 1 saturated heterocycles. The molecular weight excluding hydrogens is 831 g/mol. The van der Waals surface area contributed by atoms with E-state index in [2.05, 4.69) is 60.6 Å². The zero-order valence-corrected chi connectivity index (χ0v) is 38.1.